The maximum atomic E-state index is 12.8. The third-order valence-electron chi connectivity index (χ3n) is 5.46. The second kappa shape index (κ2) is 11.4. The van der Waals surface area contributed by atoms with Crippen molar-refractivity contribution in [1.82, 2.24) is 5.32 Å². The van der Waals surface area contributed by atoms with Gasteiger partial charge in [-0.25, -0.2) is 0 Å². The molecule has 30 heavy (non-hydrogen) atoms. The Morgan fingerprint density at radius 3 is 2.57 bits per heavy atom. The lowest BCUT2D eigenvalue weighted by molar-refractivity contribution is 0.0926. The number of anilines is 1. The van der Waals surface area contributed by atoms with E-state index in [0.717, 1.165) is 32.1 Å². The second-order valence-electron chi connectivity index (χ2n) is 7.90. The first-order chi connectivity index (χ1) is 14.7. The molecular weight excluding hydrogens is 376 g/mol. The summed E-state index contributed by atoms with van der Waals surface area (Å²) in [7, 11) is 0. The largest absolute Gasteiger partial charge is 0.493 e. The van der Waals surface area contributed by atoms with Crippen LogP contribution < -0.4 is 15.4 Å². The van der Waals surface area contributed by atoms with Crippen molar-refractivity contribution in [3.8, 4) is 5.75 Å². The molecule has 1 saturated carbocycles. The van der Waals surface area contributed by atoms with Crippen LogP contribution in [0.5, 0.6) is 5.75 Å². The minimum Gasteiger partial charge on any atom is -0.493 e. The van der Waals surface area contributed by atoms with Crippen LogP contribution in [-0.4, -0.2) is 24.5 Å². The Morgan fingerprint density at radius 2 is 1.77 bits per heavy atom. The first-order valence-corrected chi connectivity index (χ1v) is 11.1. The van der Waals surface area contributed by atoms with E-state index in [-0.39, 0.29) is 17.9 Å². The highest BCUT2D eigenvalue weighted by atomic mass is 16.5. The number of rotatable bonds is 9. The highest BCUT2D eigenvalue weighted by Crippen LogP contribution is 2.21. The van der Waals surface area contributed by atoms with Gasteiger partial charge in [-0.15, -0.1) is 0 Å². The van der Waals surface area contributed by atoms with Crippen molar-refractivity contribution >= 4 is 17.5 Å². The van der Waals surface area contributed by atoms with Crippen LogP contribution in [0, 0.1) is 0 Å². The van der Waals surface area contributed by atoms with E-state index < -0.39 is 0 Å². The van der Waals surface area contributed by atoms with Gasteiger partial charge in [0, 0.05) is 17.3 Å². The van der Waals surface area contributed by atoms with Gasteiger partial charge in [-0.2, -0.15) is 0 Å². The van der Waals surface area contributed by atoms with E-state index in [9.17, 15) is 9.59 Å². The first kappa shape index (κ1) is 21.9. The average Bonchev–Trinajstić information content (AvgIpc) is 2.78. The number of hydrogen-bond donors (Lipinski definition) is 2. The lowest BCUT2D eigenvalue weighted by Crippen LogP contribution is -2.36. The molecule has 2 aromatic carbocycles. The molecule has 0 aromatic heterocycles. The van der Waals surface area contributed by atoms with Gasteiger partial charge in [-0.1, -0.05) is 57.2 Å². The first-order valence-electron chi connectivity index (χ1n) is 11.1. The summed E-state index contributed by atoms with van der Waals surface area (Å²) in [5.41, 5.74) is 1.64. The lowest BCUT2D eigenvalue weighted by Gasteiger charge is -2.22. The molecule has 160 valence electrons. The van der Waals surface area contributed by atoms with Crippen LogP contribution >= 0.6 is 0 Å². The smallest absolute Gasteiger partial charge is 0.259 e. The Balaban J connectivity index is 1.63. The SMILES string of the molecule is CCCCCOc1ccccc1C(=O)Nc1cccc(C(=O)NC2CCCCC2)c1. The van der Waals surface area contributed by atoms with E-state index in [1.165, 1.54) is 19.3 Å². The third kappa shape index (κ3) is 6.34. The van der Waals surface area contributed by atoms with Gasteiger partial charge in [0.25, 0.3) is 11.8 Å². The topological polar surface area (TPSA) is 67.4 Å². The molecule has 0 bridgehead atoms. The van der Waals surface area contributed by atoms with Crippen molar-refractivity contribution in [2.75, 3.05) is 11.9 Å². The van der Waals surface area contributed by atoms with E-state index >= 15 is 0 Å². The number of nitrogens with one attached hydrogen (secondary N) is 2. The Hall–Kier alpha value is -2.82. The van der Waals surface area contributed by atoms with Gasteiger partial charge in [-0.3, -0.25) is 9.59 Å². The molecular formula is C25H32N2O3. The zero-order valence-corrected chi connectivity index (χ0v) is 17.8. The molecule has 0 radical (unpaired) electrons. The maximum Gasteiger partial charge on any atom is 0.259 e. The van der Waals surface area contributed by atoms with Crippen LogP contribution in [0.15, 0.2) is 48.5 Å². The zero-order valence-electron chi connectivity index (χ0n) is 17.8. The minimum absolute atomic E-state index is 0.0855. The van der Waals surface area contributed by atoms with Crippen molar-refractivity contribution < 1.29 is 14.3 Å². The summed E-state index contributed by atoms with van der Waals surface area (Å²) >= 11 is 0. The number of benzene rings is 2. The van der Waals surface area contributed by atoms with Gasteiger partial charge in [0.15, 0.2) is 0 Å². The lowest BCUT2D eigenvalue weighted by atomic mass is 9.95. The van der Waals surface area contributed by atoms with Crippen LogP contribution in [0.2, 0.25) is 0 Å². The molecule has 5 nitrogen and oxygen atoms in total. The molecule has 1 aliphatic carbocycles. The average molecular weight is 409 g/mol. The number of hydrogen-bond acceptors (Lipinski definition) is 3. The summed E-state index contributed by atoms with van der Waals surface area (Å²) < 4.78 is 5.82. The standard InChI is InChI=1S/C25H32N2O3/c1-2-3-9-17-30-23-16-8-7-15-22(23)25(29)27-21-14-10-11-19(18-21)24(28)26-20-12-5-4-6-13-20/h7-8,10-11,14-16,18,20H,2-6,9,12-13,17H2,1H3,(H,26,28)(H,27,29). The molecule has 0 unspecified atom stereocenters. The summed E-state index contributed by atoms with van der Waals surface area (Å²) in [6.45, 7) is 2.74. The number of carbonyl (C=O) groups excluding carboxylic acids is 2. The molecule has 0 spiro atoms. The van der Waals surface area contributed by atoms with E-state index in [1.54, 1.807) is 30.3 Å². The molecule has 3 rings (SSSR count). The van der Waals surface area contributed by atoms with Crippen molar-refractivity contribution in [1.29, 1.82) is 0 Å². The molecule has 0 saturated heterocycles. The van der Waals surface area contributed by atoms with Gasteiger partial charge in [0.2, 0.25) is 0 Å². The summed E-state index contributed by atoms with van der Waals surface area (Å²) in [5.74, 6) is 0.251. The Morgan fingerprint density at radius 1 is 0.967 bits per heavy atom. The molecule has 0 aliphatic heterocycles. The van der Waals surface area contributed by atoms with Crippen LogP contribution in [0.1, 0.15) is 79.0 Å². The highest BCUT2D eigenvalue weighted by molar-refractivity contribution is 6.06. The van der Waals surface area contributed by atoms with Crippen molar-refractivity contribution in [2.24, 2.45) is 0 Å². The van der Waals surface area contributed by atoms with Gasteiger partial charge >= 0.3 is 0 Å². The molecule has 1 fully saturated rings. The van der Waals surface area contributed by atoms with Gasteiger partial charge in [0.1, 0.15) is 5.75 Å². The van der Waals surface area contributed by atoms with E-state index in [1.807, 2.05) is 18.2 Å². The molecule has 5 heteroatoms. The quantitative estimate of drug-likeness (QED) is 0.533. The van der Waals surface area contributed by atoms with Crippen LogP contribution in [0.4, 0.5) is 5.69 Å². The maximum absolute atomic E-state index is 12.8. The van der Waals surface area contributed by atoms with Crippen molar-refractivity contribution in [3.05, 3.63) is 59.7 Å². The van der Waals surface area contributed by atoms with Gasteiger partial charge in [-0.05, 0) is 49.6 Å². The number of carbonyl (C=O) groups is 2. The Bertz CT molecular complexity index is 844. The number of unbranched alkanes of at least 4 members (excludes halogenated alkanes) is 2. The molecule has 2 N–H and O–H groups in total. The predicted molar refractivity (Wildman–Crippen MR) is 120 cm³/mol. The number of para-hydroxylation sites is 1. The molecule has 1 aliphatic rings. The second-order valence-corrected chi connectivity index (χ2v) is 7.90. The molecule has 0 atom stereocenters. The normalized spacial score (nSPS) is 14.2. The summed E-state index contributed by atoms with van der Waals surface area (Å²) in [4.78, 5) is 25.4. The number of ether oxygens (including phenoxy) is 1. The highest BCUT2D eigenvalue weighted by Gasteiger charge is 2.17. The van der Waals surface area contributed by atoms with Crippen LogP contribution in [0.3, 0.4) is 0 Å². The van der Waals surface area contributed by atoms with Crippen LogP contribution in [0.25, 0.3) is 0 Å². The minimum atomic E-state index is -0.245. The summed E-state index contributed by atoms with van der Waals surface area (Å²) in [6.07, 6.45) is 8.85. The van der Waals surface area contributed by atoms with Gasteiger partial charge < -0.3 is 15.4 Å². The van der Waals surface area contributed by atoms with Crippen molar-refractivity contribution in [2.45, 2.75) is 64.3 Å². The predicted octanol–water partition coefficient (Wildman–Crippen LogP) is 5.57. The molecule has 0 heterocycles. The van der Waals surface area contributed by atoms with Crippen molar-refractivity contribution in [3.63, 3.8) is 0 Å². The third-order valence-corrected chi connectivity index (χ3v) is 5.46. The summed E-state index contributed by atoms with van der Waals surface area (Å²) in [5, 5.41) is 6.02. The van der Waals surface area contributed by atoms with Crippen LogP contribution in [-0.2, 0) is 0 Å². The summed E-state index contributed by atoms with van der Waals surface area (Å²) in [6, 6.07) is 14.6. The fourth-order valence-electron chi connectivity index (χ4n) is 3.77. The number of amides is 2. The molecule has 2 amide bonds. The van der Waals surface area contributed by atoms with Gasteiger partial charge in [0.05, 0.1) is 12.2 Å². The monoisotopic (exact) mass is 408 g/mol. The molecule has 2 aromatic rings. The fraction of sp³-hybridized carbons (Fsp3) is 0.440. The van der Waals surface area contributed by atoms with E-state index in [0.29, 0.717) is 29.2 Å². The Kier molecular flexibility index (Phi) is 8.30. The van der Waals surface area contributed by atoms with E-state index in [4.69, 9.17) is 4.74 Å². The Labute approximate surface area is 179 Å². The zero-order chi connectivity index (χ0) is 21.2. The van der Waals surface area contributed by atoms with E-state index in [2.05, 4.69) is 17.6 Å². The fourth-order valence-corrected chi connectivity index (χ4v) is 3.77.